The molecule has 0 atom stereocenters. The second-order valence-corrected chi connectivity index (χ2v) is 7.65. The number of hydrogen-bond acceptors (Lipinski definition) is 5. The molecule has 0 radical (unpaired) electrons. The van der Waals surface area contributed by atoms with Gasteiger partial charge in [-0.05, 0) is 24.3 Å². The van der Waals surface area contributed by atoms with E-state index in [-0.39, 0.29) is 11.4 Å². The lowest BCUT2D eigenvalue weighted by atomic mass is 10.1. The van der Waals surface area contributed by atoms with Crippen LogP contribution in [0.1, 0.15) is 0 Å². The van der Waals surface area contributed by atoms with Gasteiger partial charge in [-0.25, -0.2) is 4.79 Å². The molecule has 0 saturated heterocycles. The number of carbonyl (C=O) groups excluding carboxylic acids is 1. The lowest BCUT2D eigenvalue weighted by Gasteiger charge is -2.19. The number of carbonyl (C=O) groups is 2. The van der Waals surface area contributed by atoms with E-state index < -0.39 is 16.7 Å². The number of benzene rings is 1. The minimum atomic E-state index is -1.40. The molecule has 30 heavy (non-hydrogen) atoms. The molecule has 154 valence electrons. The Morgan fingerprint density at radius 1 is 1.10 bits per heavy atom. The summed E-state index contributed by atoms with van der Waals surface area (Å²) in [6.07, 6.45) is 3.22. The normalized spacial score (nSPS) is 11.2. The first-order valence-electron chi connectivity index (χ1n) is 8.18. The first kappa shape index (κ1) is 22.1. The summed E-state index contributed by atoms with van der Waals surface area (Å²) in [5.41, 5.74) is 1.48. The van der Waals surface area contributed by atoms with Gasteiger partial charge in [0, 0.05) is 30.1 Å². The molecule has 0 fully saturated rings. The highest BCUT2D eigenvalue weighted by atomic mass is 35.5. The summed E-state index contributed by atoms with van der Waals surface area (Å²) in [4.78, 5) is 26.9. The smallest absolute Gasteiger partial charge is 0.329 e. The number of alkyl halides is 2. The molecule has 1 aromatic carbocycles. The fourth-order valence-corrected chi connectivity index (χ4v) is 3.29. The number of hydrogen-bond donors (Lipinski definition) is 1. The number of amides is 1. The summed E-state index contributed by atoms with van der Waals surface area (Å²) in [7, 11) is 0. The molecule has 1 N–H and O–H groups in total. The van der Waals surface area contributed by atoms with E-state index in [0.717, 1.165) is 17.2 Å². The number of aliphatic carboxylic acids is 1. The summed E-state index contributed by atoms with van der Waals surface area (Å²) in [5.74, 6) is -1.72. The van der Waals surface area contributed by atoms with Crippen molar-refractivity contribution in [2.24, 2.45) is 0 Å². The molecule has 1 amide bonds. The Balaban J connectivity index is 2.00. The minimum Gasteiger partial charge on any atom is -0.478 e. The van der Waals surface area contributed by atoms with Crippen LogP contribution in [0.5, 0.6) is 0 Å². The average molecular weight is 487 g/mol. The van der Waals surface area contributed by atoms with Gasteiger partial charge < -0.3 is 9.63 Å². The van der Waals surface area contributed by atoms with Crippen molar-refractivity contribution in [1.29, 1.82) is 0 Å². The fourth-order valence-electron chi connectivity index (χ4n) is 2.49. The molecule has 2 aromatic heterocycles. The zero-order chi connectivity index (χ0) is 21.8. The Bertz CT molecular complexity index is 1110. The van der Waals surface area contributed by atoms with Crippen molar-refractivity contribution in [3.63, 3.8) is 0 Å². The number of carboxylic acids is 1. The molecular weight excluding hydrogens is 476 g/mol. The quantitative estimate of drug-likeness (QED) is 0.367. The van der Waals surface area contributed by atoms with E-state index in [9.17, 15) is 9.59 Å². The van der Waals surface area contributed by atoms with Gasteiger partial charge in [-0.2, -0.15) is 0 Å². The zero-order valence-corrected chi connectivity index (χ0v) is 17.8. The van der Waals surface area contributed by atoms with Crippen LogP contribution in [-0.2, 0) is 9.59 Å². The third-order valence-electron chi connectivity index (χ3n) is 3.79. The van der Waals surface area contributed by atoms with Crippen LogP contribution in [0.15, 0.2) is 59.4 Å². The second-order valence-electron chi connectivity index (χ2n) is 5.74. The topological polar surface area (TPSA) is 96.5 Å². The number of pyridine rings is 1. The van der Waals surface area contributed by atoms with Crippen molar-refractivity contribution >= 4 is 64.0 Å². The summed E-state index contributed by atoms with van der Waals surface area (Å²) in [6, 6.07) is 9.60. The molecule has 0 bridgehead atoms. The van der Waals surface area contributed by atoms with Crippen molar-refractivity contribution in [2.45, 2.75) is 4.84 Å². The van der Waals surface area contributed by atoms with E-state index >= 15 is 0 Å². The highest BCUT2D eigenvalue weighted by Crippen LogP contribution is 2.36. The maximum absolute atomic E-state index is 12.3. The molecule has 0 aliphatic carbocycles. The van der Waals surface area contributed by atoms with E-state index in [1.807, 2.05) is 0 Å². The fraction of sp³-hybridized carbons (Fsp3) is 0.0526. The Morgan fingerprint density at radius 2 is 1.80 bits per heavy atom. The Labute approximate surface area is 190 Å². The first-order valence-corrected chi connectivity index (χ1v) is 9.80. The van der Waals surface area contributed by atoms with E-state index in [4.69, 9.17) is 56.0 Å². The van der Waals surface area contributed by atoms with Gasteiger partial charge >= 0.3 is 5.97 Å². The van der Waals surface area contributed by atoms with Crippen LogP contribution in [-0.4, -0.2) is 32.0 Å². The molecule has 0 aliphatic heterocycles. The van der Waals surface area contributed by atoms with Gasteiger partial charge in [0.2, 0.25) is 0 Å². The van der Waals surface area contributed by atoms with Crippen molar-refractivity contribution < 1.29 is 19.2 Å². The van der Waals surface area contributed by atoms with E-state index in [1.54, 1.807) is 24.3 Å². The predicted octanol–water partition coefficient (Wildman–Crippen LogP) is 5.45. The van der Waals surface area contributed by atoms with Gasteiger partial charge in [-0.15, -0.1) is 0 Å². The summed E-state index contributed by atoms with van der Waals surface area (Å²) in [5, 5.41) is 13.6. The lowest BCUT2D eigenvalue weighted by Crippen LogP contribution is -2.30. The van der Waals surface area contributed by atoms with Crippen molar-refractivity contribution in [2.75, 3.05) is 4.90 Å². The largest absolute Gasteiger partial charge is 0.478 e. The monoisotopic (exact) mass is 485 g/mol. The highest BCUT2D eigenvalue weighted by Gasteiger charge is 2.22. The molecule has 0 spiro atoms. The van der Waals surface area contributed by atoms with E-state index in [1.165, 1.54) is 18.3 Å². The lowest BCUT2D eigenvalue weighted by molar-refractivity contribution is -0.131. The molecule has 0 unspecified atom stereocenters. The number of aromatic nitrogens is 2. The molecule has 0 aliphatic rings. The van der Waals surface area contributed by atoms with Gasteiger partial charge in [-0.3, -0.25) is 14.7 Å². The van der Waals surface area contributed by atoms with Gasteiger partial charge in [0.05, 0.1) is 15.7 Å². The van der Waals surface area contributed by atoms with Crippen LogP contribution in [0.3, 0.4) is 0 Å². The maximum Gasteiger partial charge on any atom is 0.329 e. The Kier molecular flexibility index (Phi) is 6.99. The van der Waals surface area contributed by atoms with E-state index in [0.29, 0.717) is 27.0 Å². The van der Waals surface area contributed by atoms with Crippen LogP contribution >= 0.6 is 46.4 Å². The summed E-state index contributed by atoms with van der Waals surface area (Å²) in [6.45, 7) is 0. The van der Waals surface area contributed by atoms with Crippen LogP contribution in [0.25, 0.3) is 22.7 Å². The van der Waals surface area contributed by atoms with Gasteiger partial charge in [0.1, 0.15) is 11.4 Å². The molecular formula is C19H11Cl4N3O4. The number of halogens is 4. The van der Waals surface area contributed by atoms with Gasteiger partial charge in [0.15, 0.2) is 10.6 Å². The number of rotatable bonds is 6. The molecule has 0 saturated carbocycles. The number of carboxylic acid groups (broad SMARTS) is 1. The third-order valence-corrected chi connectivity index (χ3v) is 4.80. The van der Waals surface area contributed by atoms with Gasteiger partial charge in [-0.1, -0.05) is 57.6 Å². The standard InChI is InChI=1S/C19H11Cl4N3O4/c20-11-2-1-3-12(21)17(11)14-9-15(30-25-14)13-8-10(4-6-24-13)26(7-5-16(27)28)19(29)18(22)23/h1-9,18H,(H,27,28). The minimum absolute atomic E-state index is 0.266. The van der Waals surface area contributed by atoms with Crippen molar-refractivity contribution in [3.05, 3.63) is 64.9 Å². The predicted molar refractivity (Wildman–Crippen MR) is 115 cm³/mol. The summed E-state index contributed by atoms with van der Waals surface area (Å²) < 4.78 is 5.36. The first-order chi connectivity index (χ1) is 14.3. The van der Waals surface area contributed by atoms with Crippen molar-refractivity contribution in [1.82, 2.24) is 10.1 Å². The van der Waals surface area contributed by atoms with Crippen LogP contribution < -0.4 is 4.90 Å². The van der Waals surface area contributed by atoms with Crippen LogP contribution in [0.2, 0.25) is 10.0 Å². The maximum atomic E-state index is 12.3. The van der Waals surface area contributed by atoms with Crippen LogP contribution in [0, 0.1) is 0 Å². The van der Waals surface area contributed by atoms with Crippen molar-refractivity contribution in [3.8, 4) is 22.7 Å². The number of nitrogens with zero attached hydrogens (tertiary/aromatic N) is 3. The zero-order valence-electron chi connectivity index (χ0n) is 14.8. The van der Waals surface area contributed by atoms with E-state index in [2.05, 4.69) is 10.1 Å². The molecule has 2 heterocycles. The second kappa shape index (κ2) is 9.49. The Morgan fingerprint density at radius 3 is 2.43 bits per heavy atom. The average Bonchev–Trinajstić information content (AvgIpc) is 3.17. The number of anilines is 1. The third kappa shape index (κ3) is 4.94. The van der Waals surface area contributed by atoms with Gasteiger partial charge in [0.25, 0.3) is 5.91 Å². The highest BCUT2D eigenvalue weighted by molar-refractivity contribution is 6.54. The Hall–Kier alpha value is -2.58. The molecule has 11 heteroatoms. The SMILES string of the molecule is O=C(O)C=CN(C(=O)C(Cl)Cl)c1ccnc(-c2cc(-c3c(Cl)cccc3Cl)no2)c1. The molecule has 3 rings (SSSR count). The van der Waals surface area contributed by atoms with Crippen LogP contribution in [0.4, 0.5) is 5.69 Å². The summed E-state index contributed by atoms with van der Waals surface area (Å²) >= 11 is 23.7. The molecule has 7 nitrogen and oxygen atoms in total. The molecule has 3 aromatic rings.